The average molecular weight is 360 g/mol. The van der Waals surface area contributed by atoms with Crippen LogP contribution in [0.2, 0.25) is 0 Å². The van der Waals surface area contributed by atoms with Gasteiger partial charge in [0.1, 0.15) is 4.47 Å². The molecule has 0 radical (unpaired) electrons. The lowest BCUT2D eigenvalue weighted by molar-refractivity contribution is 0.472. The first-order valence-electron chi connectivity index (χ1n) is 7.20. The maximum absolute atomic E-state index is 12.1. The summed E-state index contributed by atoms with van der Waals surface area (Å²) in [5.74, 6) is 0. The van der Waals surface area contributed by atoms with Crippen LogP contribution in [0, 0.1) is 0 Å². The molecule has 1 aliphatic carbocycles. The van der Waals surface area contributed by atoms with E-state index in [1.807, 2.05) is 18.7 Å². The van der Waals surface area contributed by atoms with Gasteiger partial charge in [0.15, 0.2) is 0 Å². The van der Waals surface area contributed by atoms with Crippen LogP contribution in [-0.2, 0) is 6.54 Å². The van der Waals surface area contributed by atoms with Crippen LogP contribution < -0.4 is 10.9 Å². The summed E-state index contributed by atoms with van der Waals surface area (Å²) in [5, 5.41) is 8.50. The lowest BCUT2D eigenvalue weighted by atomic mass is 9.95. The third-order valence-corrected chi connectivity index (χ3v) is 5.69. The van der Waals surface area contributed by atoms with Crippen LogP contribution in [0.3, 0.4) is 0 Å². The molecular formula is C14H22BrN3OS. The summed E-state index contributed by atoms with van der Waals surface area (Å²) in [6.07, 6.45) is 9.68. The molecule has 2 rings (SSSR count). The van der Waals surface area contributed by atoms with Gasteiger partial charge < -0.3 is 5.32 Å². The number of thioether (sulfide) groups is 1. The van der Waals surface area contributed by atoms with Gasteiger partial charge in [0.05, 0.1) is 11.9 Å². The van der Waals surface area contributed by atoms with Crippen molar-refractivity contribution in [2.75, 3.05) is 11.6 Å². The topological polar surface area (TPSA) is 46.9 Å². The fourth-order valence-corrected chi connectivity index (χ4v) is 3.76. The second-order valence-corrected chi connectivity index (χ2v) is 7.19. The number of aromatic nitrogens is 2. The van der Waals surface area contributed by atoms with Crippen LogP contribution in [0.4, 0.5) is 5.69 Å². The van der Waals surface area contributed by atoms with E-state index in [0.29, 0.717) is 17.1 Å². The Bertz CT molecular complexity index is 498. The molecule has 1 saturated carbocycles. The van der Waals surface area contributed by atoms with E-state index in [4.69, 9.17) is 0 Å². The summed E-state index contributed by atoms with van der Waals surface area (Å²) < 4.78 is 2.12. The smallest absolute Gasteiger partial charge is 0.283 e. The van der Waals surface area contributed by atoms with E-state index in [2.05, 4.69) is 32.6 Å². The van der Waals surface area contributed by atoms with E-state index in [1.54, 1.807) is 6.20 Å². The number of aryl methyl sites for hydroxylation is 1. The molecule has 6 heteroatoms. The van der Waals surface area contributed by atoms with Gasteiger partial charge >= 0.3 is 0 Å². The minimum atomic E-state index is -0.0466. The van der Waals surface area contributed by atoms with E-state index in [1.165, 1.54) is 17.5 Å². The van der Waals surface area contributed by atoms with E-state index in [0.717, 1.165) is 30.2 Å². The molecule has 1 aromatic heterocycles. The first kappa shape index (κ1) is 15.9. The van der Waals surface area contributed by atoms with Crippen LogP contribution in [0.15, 0.2) is 15.5 Å². The highest BCUT2D eigenvalue weighted by atomic mass is 79.9. The Balaban J connectivity index is 2.03. The second kappa shape index (κ2) is 7.50. The second-order valence-electron chi connectivity index (χ2n) is 5.25. The van der Waals surface area contributed by atoms with E-state index in [9.17, 15) is 4.79 Å². The molecule has 0 aromatic carbocycles. The Morgan fingerprint density at radius 3 is 2.75 bits per heavy atom. The zero-order valence-electron chi connectivity index (χ0n) is 12.1. The Kier molecular flexibility index (Phi) is 5.96. The molecule has 20 heavy (non-hydrogen) atoms. The number of rotatable bonds is 5. The molecule has 1 aromatic rings. The lowest BCUT2D eigenvalue weighted by Crippen LogP contribution is -2.30. The summed E-state index contributed by atoms with van der Waals surface area (Å²) in [4.78, 5) is 12.1. The van der Waals surface area contributed by atoms with Gasteiger partial charge in [0.2, 0.25) is 0 Å². The van der Waals surface area contributed by atoms with E-state index >= 15 is 0 Å². The summed E-state index contributed by atoms with van der Waals surface area (Å²) >= 11 is 5.38. The van der Waals surface area contributed by atoms with Crippen molar-refractivity contribution in [3.63, 3.8) is 0 Å². The minimum absolute atomic E-state index is 0.0466. The van der Waals surface area contributed by atoms with Crippen LogP contribution in [0.1, 0.15) is 39.0 Å². The van der Waals surface area contributed by atoms with Gasteiger partial charge in [-0.25, -0.2) is 4.68 Å². The predicted octanol–water partition coefficient (Wildman–Crippen LogP) is 3.50. The maximum atomic E-state index is 12.1. The molecule has 0 aliphatic heterocycles. The average Bonchev–Trinajstić information content (AvgIpc) is 2.48. The van der Waals surface area contributed by atoms with Gasteiger partial charge in [-0.1, -0.05) is 6.92 Å². The first-order valence-corrected chi connectivity index (χ1v) is 9.28. The normalized spacial score (nSPS) is 22.8. The number of nitrogens with zero attached hydrogens (tertiary/aromatic N) is 2. The largest absolute Gasteiger partial charge is 0.380 e. The van der Waals surface area contributed by atoms with E-state index < -0.39 is 0 Å². The summed E-state index contributed by atoms with van der Waals surface area (Å²) in [7, 11) is 0. The Hall–Kier alpha value is -0.490. The monoisotopic (exact) mass is 359 g/mol. The van der Waals surface area contributed by atoms with Crippen molar-refractivity contribution >= 4 is 33.4 Å². The third-order valence-electron chi connectivity index (χ3n) is 3.79. The van der Waals surface area contributed by atoms with Gasteiger partial charge in [0, 0.05) is 17.8 Å². The molecule has 1 N–H and O–H groups in total. The van der Waals surface area contributed by atoms with E-state index in [-0.39, 0.29) is 5.56 Å². The number of hydrogen-bond donors (Lipinski definition) is 1. The molecule has 1 fully saturated rings. The van der Waals surface area contributed by atoms with Gasteiger partial charge in [-0.15, -0.1) is 0 Å². The Morgan fingerprint density at radius 2 is 2.15 bits per heavy atom. The SMILES string of the molecule is CCCn1ncc(NC2CCC(SC)CC2)c(Br)c1=O. The van der Waals surface area contributed by atoms with Gasteiger partial charge in [-0.2, -0.15) is 16.9 Å². The molecule has 0 bridgehead atoms. The fraction of sp³-hybridized carbons (Fsp3) is 0.714. The molecule has 0 saturated heterocycles. The molecule has 1 aliphatic rings. The predicted molar refractivity (Wildman–Crippen MR) is 89.7 cm³/mol. The highest BCUT2D eigenvalue weighted by molar-refractivity contribution is 9.10. The third kappa shape index (κ3) is 3.79. The van der Waals surface area contributed by atoms with Crippen LogP contribution >= 0.6 is 27.7 Å². The minimum Gasteiger partial charge on any atom is -0.380 e. The number of halogens is 1. The Morgan fingerprint density at radius 1 is 1.45 bits per heavy atom. The standard InChI is InChI=1S/C14H22BrN3OS/c1-3-8-18-14(19)13(15)12(9-16-18)17-10-4-6-11(20-2)7-5-10/h9-11,17H,3-8H2,1-2H3. The molecule has 4 nitrogen and oxygen atoms in total. The fourth-order valence-electron chi connectivity index (χ4n) is 2.60. The zero-order valence-corrected chi connectivity index (χ0v) is 14.5. The highest BCUT2D eigenvalue weighted by Gasteiger charge is 2.21. The lowest BCUT2D eigenvalue weighted by Gasteiger charge is -2.28. The number of anilines is 1. The van der Waals surface area contributed by atoms with Crippen LogP contribution in [0.5, 0.6) is 0 Å². The molecular weight excluding hydrogens is 338 g/mol. The van der Waals surface area contributed by atoms with Gasteiger partial charge in [0.25, 0.3) is 5.56 Å². The van der Waals surface area contributed by atoms with Crippen molar-refractivity contribution in [2.45, 2.75) is 56.9 Å². The van der Waals surface area contributed by atoms with Crippen molar-refractivity contribution in [3.05, 3.63) is 21.0 Å². The highest BCUT2D eigenvalue weighted by Crippen LogP contribution is 2.29. The van der Waals surface area contributed by atoms with Crippen LogP contribution in [0.25, 0.3) is 0 Å². The van der Waals surface area contributed by atoms with Crippen LogP contribution in [-0.4, -0.2) is 27.3 Å². The summed E-state index contributed by atoms with van der Waals surface area (Å²) in [6.45, 7) is 2.70. The molecule has 0 amide bonds. The molecule has 112 valence electrons. The quantitative estimate of drug-likeness (QED) is 0.873. The van der Waals surface area contributed by atoms with Crippen molar-refractivity contribution in [3.8, 4) is 0 Å². The number of hydrogen-bond acceptors (Lipinski definition) is 4. The summed E-state index contributed by atoms with van der Waals surface area (Å²) in [6, 6.07) is 0.456. The van der Waals surface area contributed by atoms with Crippen molar-refractivity contribution in [1.82, 2.24) is 9.78 Å². The van der Waals surface area contributed by atoms with Crippen molar-refractivity contribution in [1.29, 1.82) is 0 Å². The van der Waals surface area contributed by atoms with Gasteiger partial charge in [-0.3, -0.25) is 4.79 Å². The van der Waals surface area contributed by atoms with Crippen molar-refractivity contribution < 1.29 is 0 Å². The van der Waals surface area contributed by atoms with Crippen molar-refractivity contribution in [2.24, 2.45) is 0 Å². The summed E-state index contributed by atoms with van der Waals surface area (Å²) in [5.41, 5.74) is 0.782. The van der Waals surface area contributed by atoms with Gasteiger partial charge in [-0.05, 0) is 54.3 Å². The molecule has 0 atom stereocenters. The molecule has 1 heterocycles. The number of nitrogens with one attached hydrogen (secondary N) is 1. The molecule has 0 spiro atoms. The maximum Gasteiger partial charge on any atom is 0.283 e. The first-order chi connectivity index (χ1) is 9.65. The Labute approximate surface area is 132 Å². The molecule has 0 unspecified atom stereocenters. The zero-order chi connectivity index (χ0) is 14.5.